The summed E-state index contributed by atoms with van der Waals surface area (Å²) in [5.74, 6) is -0.473. The van der Waals surface area contributed by atoms with Crippen molar-refractivity contribution in [2.45, 2.75) is 25.7 Å². The lowest BCUT2D eigenvalue weighted by Crippen LogP contribution is -2.39. The van der Waals surface area contributed by atoms with Crippen LogP contribution >= 0.6 is 0 Å². The van der Waals surface area contributed by atoms with Crippen molar-refractivity contribution in [3.63, 3.8) is 0 Å². The van der Waals surface area contributed by atoms with E-state index >= 15 is 0 Å². The van der Waals surface area contributed by atoms with E-state index in [1.54, 1.807) is 0 Å². The monoisotopic (exact) mass is 253 g/mol. The predicted octanol–water partition coefficient (Wildman–Crippen LogP) is 2.60. The van der Waals surface area contributed by atoms with Gasteiger partial charge in [-0.1, -0.05) is 30.3 Å². The van der Waals surface area contributed by atoms with Gasteiger partial charge in [-0.05, 0) is 42.9 Å². The first-order valence-corrected chi connectivity index (χ1v) is 6.60. The fraction of sp³-hybridized carbons (Fsp3) is 0.250. The number of benzene rings is 1. The number of nitrogens with one attached hydrogen (secondary N) is 1. The molecule has 0 atom stereocenters. The number of carbonyl (C=O) groups excluding carboxylic acids is 2. The lowest BCUT2D eigenvalue weighted by molar-refractivity contribution is -0.127. The van der Waals surface area contributed by atoms with E-state index < -0.39 is 0 Å². The molecule has 0 saturated heterocycles. The molecule has 0 aromatic heterocycles. The van der Waals surface area contributed by atoms with E-state index in [-0.39, 0.29) is 11.8 Å². The van der Waals surface area contributed by atoms with Crippen LogP contribution in [-0.2, 0) is 9.59 Å². The van der Waals surface area contributed by atoms with Crippen LogP contribution in [0.2, 0.25) is 0 Å². The lowest BCUT2D eigenvalue weighted by atomic mass is 9.83. The summed E-state index contributed by atoms with van der Waals surface area (Å²) in [5.41, 5.74) is 3.39. The molecule has 1 heterocycles. The molecule has 0 saturated carbocycles. The van der Waals surface area contributed by atoms with Crippen molar-refractivity contribution in [2.75, 3.05) is 0 Å². The minimum Gasteiger partial charge on any atom is -0.288 e. The summed E-state index contributed by atoms with van der Waals surface area (Å²) in [6.45, 7) is 0. The van der Waals surface area contributed by atoms with Gasteiger partial charge >= 0.3 is 0 Å². The van der Waals surface area contributed by atoms with Gasteiger partial charge in [0.25, 0.3) is 11.8 Å². The molecule has 0 radical (unpaired) electrons. The minimum absolute atomic E-state index is 0.204. The first-order chi connectivity index (χ1) is 9.25. The molecule has 3 nitrogen and oxygen atoms in total. The Balaban J connectivity index is 2.08. The highest BCUT2D eigenvalue weighted by molar-refractivity contribution is 6.18. The number of amides is 2. The molecule has 0 bridgehead atoms. The maximum atomic E-state index is 12.0. The van der Waals surface area contributed by atoms with E-state index in [0.29, 0.717) is 5.57 Å². The van der Waals surface area contributed by atoms with Crippen molar-refractivity contribution in [1.82, 2.24) is 5.32 Å². The molecule has 1 aromatic carbocycles. The topological polar surface area (TPSA) is 46.2 Å². The summed E-state index contributed by atoms with van der Waals surface area (Å²) >= 11 is 0. The molecule has 3 heteroatoms. The number of hydrogen-bond acceptors (Lipinski definition) is 2. The van der Waals surface area contributed by atoms with Crippen molar-refractivity contribution < 1.29 is 9.59 Å². The van der Waals surface area contributed by atoms with Crippen LogP contribution in [0.15, 0.2) is 47.1 Å². The minimum atomic E-state index is -0.269. The van der Waals surface area contributed by atoms with Gasteiger partial charge in [0.15, 0.2) is 0 Å². The van der Waals surface area contributed by atoms with E-state index in [9.17, 15) is 9.59 Å². The molecule has 1 aromatic rings. The Bertz CT molecular complexity index is 596. The van der Waals surface area contributed by atoms with Gasteiger partial charge in [0.2, 0.25) is 0 Å². The quantitative estimate of drug-likeness (QED) is 0.617. The highest BCUT2D eigenvalue weighted by atomic mass is 16.2. The molecule has 96 valence electrons. The summed E-state index contributed by atoms with van der Waals surface area (Å²) in [6, 6.07) is 9.74. The second kappa shape index (κ2) is 4.84. The van der Waals surface area contributed by atoms with Crippen molar-refractivity contribution in [3.05, 3.63) is 52.6 Å². The molecular weight excluding hydrogens is 238 g/mol. The fourth-order valence-corrected chi connectivity index (χ4v) is 2.70. The normalized spacial score (nSPS) is 21.4. The number of rotatable bonds is 1. The molecule has 2 aliphatic rings. The Hall–Kier alpha value is -2.16. The van der Waals surface area contributed by atoms with Crippen LogP contribution in [0.1, 0.15) is 31.2 Å². The smallest absolute Gasteiger partial charge is 0.258 e. The standard InChI is InChI=1S/C16H15NO2/c18-15-13-9-5-4-8-12(13)14(16(19)17-15)10-11-6-2-1-3-7-11/h1-3,6-7,10H,4-5,8-9H2,(H,17,18,19)/b14-10-. The molecule has 0 spiro atoms. The largest absolute Gasteiger partial charge is 0.288 e. The lowest BCUT2D eigenvalue weighted by Gasteiger charge is -2.25. The van der Waals surface area contributed by atoms with Gasteiger partial charge in [-0.2, -0.15) is 0 Å². The average Bonchev–Trinajstić information content (AvgIpc) is 2.45. The summed E-state index contributed by atoms with van der Waals surface area (Å²) in [4.78, 5) is 23.8. The molecule has 1 N–H and O–H groups in total. The highest BCUT2D eigenvalue weighted by Gasteiger charge is 2.30. The maximum absolute atomic E-state index is 12.0. The third-order valence-electron chi connectivity index (χ3n) is 3.65. The number of carbonyl (C=O) groups is 2. The Morgan fingerprint density at radius 1 is 0.895 bits per heavy atom. The summed E-state index contributed by atoms with van der Waals surface area (Å²) in [5, 5.41) is 2.44. The van der Waals surface area contributed by atoms with Gasteiger partial charge in [-0.3, -0.25) is 14.9 Å². The van der Waals surface area contributed by atoms with Crippen LogP contribution in [0.25, 0.3) is 6.08 Å². The zero-order chi connectivity index (χ0) is 13.2. The zero-order valence-electron chi connectivity index (χ0n) is 10.6. The second-order valence-corrected chi connectivity index (χ2v) is 4.92. The summed E-state index contributed by atoms with van der Waals surface area (Å²) in [6.07, 6.45) is 5.56. The van der Waals surface area contributed by atoms with Crippen molar-refractivity contribution in [2.24, 2.45) is 0 Å². The third kappa shape index (κ3) is 2.24. The number of hydrogen-bond donors (Lipinski definition) is 1. The van der Waals surface area contributed by atoms with Gasteiger partial charge in [0, 0.05) is 11.1 Å². The molecule has 0 fully saturated rings. The van der Waals surface area contributed by atoms with Crippen LogP contribution in [0, 0.1) is 0 Å². The van der Waals surface area contributed by atoms with Gasteiger partial charge in [0.05, 0.1) is 0 Å². The van der Waals surface area contributed by atoms with Crippen LogP contribution in [-0.4, -0.2) is 11.8 Å². The number of imide groups is 1. The molecule has 3 rings (SSSR count). The highest BCUT2D eigenvalue weighted by Crippen LogP contribution is 2.33. The molecule has 2 amide bonds. The van der Waals surface area contributed by atoms with E-state index in [1.807, 2.05) is 36.4 Å². The first kappa shape index (κ1) is 11.9. The van der Waals surface area contributed by atoms with Gasteiger partial charge in [-0.15, -0.1) is 0 Å². The average molecular weight is 253 g/mol. The van der Waals surface area contributed by atoms with Crippen LogP contribution in [0.5, 0.6) is 0 Å². The molecule has 1 aliphatic heterocycles. The second-order valence-electron chi connectivity index (χ2n) is 4.92. The molecule has 19 heavy (non-hydrogen) atoms. The first-order valence-electron chi connectivity index (χ1n) is 6.60. The maximum Gasteiger partial charge on any atom is 0.258 e. The van der Waals surface area contributed by atoms with Crippen molar-refractivity contribution >= 4 is 17.9 Å². The van der Waals surface area contributed by atoms with Crippen LogP contribution in [0.4, 0.5) is 0 Å². The molecule has 0 unspecified atom stereocenters. The molecule has 1 aliphatic carbocycles. The summed E-state index contributed by atoms with van der Waals surface area (Å²) < 4.78 is 0. The predicted molar refractivity (Wildman–Crippen MR) is 73.1 cm³/mol. The van der Waals surface area contributed by atoms with Crippen LogP contribution < -0.4 is 5.32 Å². The Kier molecular flexibility index (Phi) is 3.03. The molecular formula is C16H15NO2. The van der Waals surface area contributed by atoms with Gasteiger partial charge in [-0.25, -0.2) is 0 Å². The third-order valence-corrected chi connectivity index (χ3v) is 3.65. The van der Waals surface area contributed by atoms with E-state index in [1.165, 1.54) is 0 Å². The fourth-order valence-electron chi connectivity index (χ4n) is 2.70. The van der Waals surface area contributed by atoms with E-state index in [0.717, 1.165) is 42.4 Å². The SMILES string of the molecule is O=C1NC(=O)/C(=C\c2ccccc2)C2=C1CCCC2. The van der Waals surface area contributed by atoms with Gasteiger partial charge < -0.3 is 0 Å². The summed E-state index contributed by atoms with van der Waals surface area (Å²) in [7, 11) is 0. The van der Waals surface area contributed by atoms with Crippen molar-refractivity contribution in [1.29, 1.82) is 0 Å². The van der Waals surface area contributed by atoms with E-state index in [4.69, 9.17) is 0 Å². The van der Waals surface area contributed by atoms with Crippen LogP contribution in [0.3, 0.4) is 0 Å². The Morgan fingerprint density at radius 3 is 2.32 bits per heavy atom. The van der Waals surface area contributed by atoms with Crippen molar-refractivity contribution in [3.8, 4) is 0 Å². The Labute approximate surface area is 112 Å². The Morgan fingerprint density at radius 2 is 1.58 bits per heavy atom. The van der Waals surface area contributed by atoms with Gasteiger partial charge in [0.1, 0.15) is 0 Å². The zero-order valence-corrected chi connectivity index (χ0v) is 10.6. The van der Waals surface area contributed by atoms with E-state index in [2.05, 4.69) is 5.32 Å².